The maximum atomic E-state index is 9.59. The monoisotopic (exact) mass is 599 g/mol. The van der Waals surface area contributed by atoms with Crippen molar-refractivity contribution in [1.82, 2.24) is 29.5 Å². The highest BCUT2D eigenvalue weighted by atomic mass is 35.5. The second kappa shape index (κ2) is 13.6. The molecule has 5 heterocycles. The van der Waals surface area contributed by atoms with E-state index in [2.05, 4.69) is 70.0 Å². The van der Waals surface area contributed by atoms with Crippen LogP contribution >= 0.6 is 37.2 Å². The highest BCUT2D eigenvalue weighted by molar-refractivity contribution is 6.76. The predicted octanol–water partition coefficient (Wildman–Crippen LogP) is 5.15. The quantitative estimate of drug-likeness (QED) is 0.270. The van der Waals surface area contributed by atoms with Gasteiger partial charge in [0.2, 0.25) is 0 Å². The first kappa shape index (κ1) is 32.6. The fourth-order valence-corrected chi connectivity index (χ4v) is 6.09. The number of rotatable bonds is 9. The largest absolute Gasteiger partial charge is 0.361 e. The summed E-state index contributed by atoms with van der Waals surface area (Å²) in [6, 6.07) is 8.37. The molecule has 0 bridgehead atoms. The van der Waals surface area contributed by atoms with Crippen LogP contribution in [0.3, 0.4) is 0 Å². The highest BCUT2D eigenvalue weighted by Gasteiger charge is 2.47. The molecular formula is C26H40Cl3N7OSi. The predicted molar refractivity (Wildman–Crippen MR) is 162 cm³/mol. The number of fused-ring (bicyclic) bond motifs is 1. The van der Waals surface area contributed by atoms with E-state index in [0.29, 0.717) is 19.2 Å². The second-order valence-corrected chi connectivity index (χ2v) is 17.0. The van der Waals surface area contributed by atoms with Gasteiger partial charge in [-0.1, -0.05) is 19.6 Å². The zero-order chi connectivity index (χ0) is 24.5. The molecule has 2 fully saturated rings. The minimum atomic E-state index is -1.10. The molecule has 5 rings (SSSR count). The number of nitrogens with one attached hydrogen (secondary N) is 1. The van der Waals surface area contributed by atoms with Gasteiger partial charge < -0.3 is 14.6 Å². The number of hydrogen-bond donors (Lipinski definition) is 1. The molecule has 0 radical (unpaired) electrons. The van der Waals surface area contributed by atoms with E-state index < -0.39 is 8.07 Å². The minimum absolute atomic E-state index is 0. The van der Waals surface area contributed by atoms with Gasteiger partial charge in [0.25, 0.3) is 0 Å². The first-order valence-corrected chi connectivity index (χ1v) is 16.5. The van der Waals surface area contributed by atoms with Gasteiger partial charge in [-0.05, 0) is 49.7 Å². The van der Waals surface area contributed by atoms with Crippen molar-refractivity contribution in [3.63, 3.8) is 0 Å². The van der Waals surface area contributed by atoms with Gasteiger partial charge >= 0.3 is 0 Å². The summed E-state index contributed by atoms with van der Waals surface area (Å²) in [5.41, 5.74) is 2.87. The second-order valence-electron chi connectivity index (χ2n) is 11.3. The van der Waals surface area contributed by atoms with Crippen molar-refractivity contribution in [2.75, 3.05) is 32.8 Å². The SMILES string of the molecule is C[Si](C)(C)CCOCn1ccc2c(-c3cnn(C4(CC#N)CN(C5CCNCC5)C4)c3)ccnc21.Cl.Cl.Cl. The van der Waals surface area contributed by atoms with Crippen LogP contribution in [-0.4, -0.2) is 71.1 Å². The molecule has 12 heteroatoms. The highest BCUT2D eigenvalue weighted by Crippen LogP contribution is 2.37. The number of hydrogen-bond acceptors (Lipinski definition) is 6. The third kappa shape index (κ3) is 6.91. The lowest BCUT2D eigenvalue weighted by Gasteiger charge is -2.53. The van der Waals surface area contributed by atoms with Crippen LogP contribution in [0.1, 0.15) is 19.3 Å². The molecule has 0 spiro atoms. The summed E-state index contributed by atoms with van der Waals surface area (Å²) in [5, 5.41) is 18.9. The first-order valence-electron chi connectivity index (χ1n) is 12.8. The van der Waals surface area contributed by atoms with Gasteiger partial charge in [0, 0.05) is 63.4 Å². The van der Waals surface area contributed by atoms with Crippen LogP contribution < -0.4 is 5.32 Å². The summed E-state index contributed by atoms with van der Waals surface area (Å²) in [6.45, 7) is 12.4. The van der Waals surface area contributed by atoms with E-state index in [0.717, 1.165) is 61.0 Å². The number of pyridine rings is 1. The Balaban J connectivity index is 0.00000169. The molecule has 3 aromatic heterocycles. The van der Waals surface area contributed by atoms with Crippen LogP contribution in [0, 0.1) is 11.3 Å². The number of nitrogens with zero attached hydrogens (tertiary/aromatic N) is 6. The summed E-state index contributed by atoms with van der Waals surface area (Å²) in [7, 11) is -1.10. The fourth-order valence-electron chi connectivity index (χ4n) is 5.33. The van der Waals surface area contributed by atoms with Crippen molar-refractivity contribution < 1.29 is 4.74 Å². The Kier molecular flexibility index (Phi) is 11.7. The van der Waals surface area contributed by atoms with Crippen molar-refractivity contribution in [2.45, 2.75) is 63.3 Å². The zero-order valence-corrected chi connectivity index (χ0v) is 25.9. The van der Waals surface area contributed by atoms with Crippen LogP contribution in [0.4, 0.5) is 0 Å². The standard InChI is InChI=1S/C26H37N7OSi.3ClH/c1-35(2,3)15-14-34-20-31-13-7-24-23(6-12-29-25(24)31)21-16-30-33(17-21)26(8-9-27)18-32(19-26)22-4-10-28-11-5-22;;;/h6-7,12-13,16-17,22,28H,4-5,8,10-11,14-15,18-20H2,1-3H3;3*1H. The van der Waals surface area contributed by atoms with Gasteiger partial charge in [0.15, 0.2) is 0 Å². The lowest BCUT2D eigenvalue weighted by atomic mass is 9.84. The van der Waals surface area contributed by atoms with Crippen molar-refractivity contribution >= 4 is 56.3 Å². The Morgan fingerprint density at radius 3 is 2.58 bits per heavy atom. The smallest absolute Gasteiger partial charge is 0.142 e. The van der Waals surface area contributed by atoms with Crippen molar-refractivity contribution in [2.24, 2.45) is 0 Å². The van der Waals surface area contributed by atoms with E-state index >= 15 is 0 Å². The Hall–Kier alpha value is -1.64. The number of likely N-dealkylation sites (tertiary alicyclic amines) is 1. The Morgan fingerprint density at radius 1 is 1.16 bits per heavy atom. The maximum Gasteiger partial charge on any atom is 0.142 e. The molecule has 0 aromatic carbocycles. The molecule has 0 atom stereocenters. The zero-order valence-electron chi connectivity index (χ0n) is 22.4. The molecule has 0 saturated carbocycles. The van der Waals surface area contributed by atoms with E-state index in [1.807, 2.05) is 17.1 Å². The Bertz CT molecular complexity index is 1210. The lowest BCUT2D eigenvalue weighted by molar-refractivity contribution is -0.0339. The minimum Gasteiger partial charge on any atom is -0.361 e. The molecule has 8 nitrogen and oxygen atoms in total. The summed E-state index contributed by atoms with van der Waals surface area (Å²) < 4.78 is 10.1. The van der Waals surface area contributed by atoms with Crippen LogP contribution in [0.5, 0.6) is 0 Å². The number of nitriles is 1. The van der Waals surface area contributed by atoms with Gasteiger partial charge in [-0.25, -0.2) is 4.98 Å². The van der Waals surface area contributed by atoms with Crippen molar-refractivity contribution in [3.8, 4) is 17.2 Å². The van der Waals surface area contributed by atoms with Gasteiger partial charge in [-0.15, -0.1) is 37.2 Å². The van der Waals surface area contributed by atoms with E-state index in [1.165, 1.54) is 12.8 Å². The summed E-state index contributed by atoms with van der Waals surface area (Å²) in [5.74, 6) is 0. The van der Waals surface area contributed by atoms with E-state index in [9.17, 15) is 5.26 Å². The molecule has 0 amide bonds. The summed E-state index contributed by atoms with van der Waals surface area (Å²) >= 11 is 0. The van der Waals surface area contributed by atoms with Crippen LogP contribution in [-0.2, 0) is 17.0 Å². The molecule has 210 valence electrons. The Labute approximate surface area is 245 Å². The molecule has 0 unspecified atom stereocenters. The number of aromatic nitrogens is 4. The number of piperidine rings is 1. The van der Waals surface area contributed by atoms with E-state index in [-0.39, 0.29) is 42.8 Å². The first-order chi connectivity index (χ1) is 16.9. The maximum absolute atomic E-state index is 9.59. The normalized spacial score (nSPS) is 17.5. The third-order valence-corrected chi connectivity index (χ3v) is 9.20. The van der Waals surface area contributed by atoms with Crippen LogP contribution in [0.25, 0.3) is 22.2 Å². The molecule has 0 aliphatic carbocycles. The van der Waals surface area contributed by atoms with E-state index in [1.54, 1.807) is 0 Å². The van der Waals surface area contributed by atoms with Gasteiger partial charge in [0.1, 0.15) is 17.9 Å². The molecule has 1 N–H and O–H groups in total. The lowest BCUT2D eigenvalue weighted by Crippen LogP contribution is -2.66. The van der Waals surface area contributed by atoms with Crippen LogP contribution in [0.15, 0.2) is 36.9 Å². The van der Waals surface area contributed by atoms with Gasteiger partial charge in [-0.3, -0.25) is 9.58 Å². The topological polar surface area (TPSA) is 83.9 Å². The van der Waals surface area contributed by atoms with E-state index in [4.69, 9.17) is 9.84 Å². The number of halogens is 3. The molecule has 2 aliphatic rings. The molecule has 2 aliphatic heterocycles. The summed E-state index contributed by atoms with van der Waals surface area (Å²) in [4.78, 5) is 7.17. The average molecular weight is 601 g/mol. The molecular weight excluding hydrogens is 561 g/mol. The molecule has 2 saturated heterocycles. The van der Waals surface area contributed by atoms with Gasteiger partial charge in [-0.2, -0.15) is 10.4 Å². The Morgan fingerprint density at radius 2 is 1.89 bits per heavy atom. The van der Waals surface area contributed by atoms with Crippen molar-refractivity contribution in [1.29, 1.82) is 5.26 Å². The third-order valence-electron chi connectivity index (χ3n) is 7.50. The van der Waals surface area contributed by atoms with Crippen molar-refractivity contribution in [3.05, 3.63) is 36.9 Å². The fraction of sp³-hybridized carbons (Fsp3) is 0.577. The number of ether oxygens (including phenoxy) is 1. The van der Waals surface area contributed by atoms with Gasteiger partial charge in [0.05, 0.1) is 18.7 Å². The van der Waals surface area contributed by atoms with Crippen LogP contribution in [0.2, 0.25) is 25.7 Å². The average Bonchev–Trinajstić information content (AvgIpc) is 3.47. The summed E-state index contributed by atoms with van der Waals surface area (Å²) in [6.07, 6.45) is 10.8. The molecule has 3 aromatic rings. The molecule has 38 heavy (non-hydrogen) atoms.